The predicted molar refractivity (Wildman–Crippen MR) is 68.0 cm³/mol. The number of unbranched alkanes of at least 4 members (excludes halogenated alkanes) is 1. The molecular weight excluding hydrogens is 255 g/mol. The molecule has 0 spiro atoms. The van der Waals surface area contributed by atoms with E-state index >= 15 is 0 Å². The Morgan fingerprint density at radius 3 is 2.26 bits per heavy atom. The molecule has 0 fully saturated rings. The number of carbonyl (C=O) groups excluding carboxylic acids is 1. The van der Waals surface area contributed by atoms with Crippen LogP contribution in [0.4, 0.5) is 13.2 Å². The summed E-state index contributed by atoms with van der Waals surface area (Å²) in [6, 6.07) is 6.57. The fourth-order valence-corrected chi connectivity index (χ4v) is 1.70. The van der Waals surface area contributed by atoms with Crippen molar-refractivity contribution in [3.05, 3.63) is 35.4 Å². The number of hydrogen-bond acceptors (Lipinski definition) is 1. The fourth-order valence-electron chi connectivity index (χ4n) is 1.70. The minimum atomic E-state index is -4.37. The van der Waals surface area contributed by atoms with Gasteiger partial charge in [0.15, 0.2) is 0 Å². The summed E-state index contributed by atoms with van der Waals surface area (Å²) in [5.41, 5.74) is 1.26. The first-order valence-corrected chi connectivity index (χ1v) is 6.26. The molecule has 1 aromatic rings. The van der Waals surface area contributed by atoms with Crippen molar-refractivity contribution < 1.29 is 18.0 Å². The van der Waals surface area contributed by atoms with Crippen LogP contribution in [0.2, 0.25) is 0 Å². The fraction of sp³-hybridized carbons (Fsp3) is 0.500. The van der Waals surface area contributed by atoms with E-state index in [-0.39, 0.29) is 6.54 Å². The number of halogens is 3. The van der Waals surface area contributed by atoms with Crippen molar-refractivity contribution in [3.8, 4) is 0 Å². The van der Waals surface area contributed by atoms with Gasteiger partial charge in [-0.3, -0.25) is 4.79 Å². The van der Waals surface area contributed by atoms with Crippen LogP contribution in [0.1, 0.15) is 35.7 Å². The second kappa shape index (κ2) is 6.59. The Balaban J connectivity index is 2.83. The number of aryl methyl sites for hydroxylation is 1. The number of nitrogens with zero attached hydrogens (tertiary/aromatic N) is 1. The van der Waals surface area contributed by atoms with Crippen LogP contribution >= 0.6 is 0 Å². The third kappa shape index (κ3) is 5.32. The molecule has 0 aliphatic carbocycles. The van der Waals surface area contributed by atoms with Crippen molar-refractivity contribution in [2.45, 2.75) is 32.9 Å². The van der Waals surface area contributed by atoms with Crippen LogP contribution in [0.5, 0.6) is 0 Å². The lowest BCUT2D eigenvalue weighted by molar-refractivity contribution is -0.140. The predicted octanol–water partition coefficient (Wildman–Crippen LogP) is 3.80. The minimum Gasteiger partial charge on any atom is -0.330 e. The first-order valence-electron chi connectivity index (χ1n) is 6.26. The lowest BCUT2D eigenvalue weighted by atomic mass is 10.1. The molecule has 0 radical (unpaired) electrons. The summed E-state index contributed by atoms with van der Waals surface area (Å²) < 4.78 is 37.4. The Kier molecular flexibility index (Phi) is 5.39. The Hall–Kier alpha value is -1.52. The summed E-state index contributed by atoms with van der Waals surface area (Å²) in [5.74, 6) is -0.564. The summed E-state index contributed by atoms with van der Waals surface area (Å²) in [5, 5.41) is 0. The highest BCUT2D eigenvalue weighted by Crippen LogP contribution is 2.19. The van der Waals surface area contributed by atoms with Crippen LogP contribution in [0.25, 0.3) is 0 Å². The van der Waals surface area contributed by atoms with Crippen LogP contribution in [-0.4, -0.2) is 30.1 Å². The molecule has 1 amide bonds. The number of hydrogen-bond donors (Lipinski definition) is 0. The Labute approximate surface area is 111 Å². The van der Waals surface area contributed by atoms with Gasteiger partial charge < -0.3 is 4.90 Å². The van der Waals surface area contributed by atoms with Gasteiger partial charge >= 0.3 is 6.18 Å². The summed E-state index contributed by atoms with van der Waals surface area (Å²) in [4.78, 5) is 12.9. The normalized spacial score (nSPS) is 11.4. The molecule has 2 nitrogen and oxygen atoms in total. The summed E-state index contributed by atoms with van der Waals surface area (Å²) in [7, 11) is 0. The topological polar surface area (TPSA) is 20.3 Å². The van der Waals surface area contributed by atoms with Gasteiger partial charge in [-0.1, -0.05) is 31.0 Å². The van der Waals surface area contributed by atoms with E-state index in [0.717, 1.165) is 16.9 Å². The van der Waals surface area contributed by atoms with E-state index in [1.807, 2.05) is 13.8 Å². The maximum absolute atomic E-state index is 12.5. The highest BCUT2D eigenvalue weighted by Gasteiger charge is 2.33. The van der Waals surface area contributed by atoms with Gasteiger partial charge in [-0.05, 0) is 25.5 Å². The lowest BCUT2D eigenvalue weighted by Gasteiger charge is -2.24. The molecule has 0 N–H and O–H groups in total. The second-order valence-electron chi connectivity index (χ2n) is 4.56. The largest absolute Gasteiger partial charge is 0.406 e. The van der Waals surface area contributed by atoms with Gasteiger partial charge in [-0.2, -0.15) is 13.2 Å². The van der Waals surface area contributed by atoms with Crippen LogP contribution in [0.15, 0.2) is 24.3 Å². The highest BCUT2D eigenvalue weighted by atomic mass is 19.4. The molecular formula is C14H18F3NO. The molecule has 0 bridgehead atoms. The van der Waals surface area contributed by atoms with Crippen molar-refractivity contribution in [2.75, 3.05) is 13.1 Å². The number of carbonyl (C=O) groups is 1. The minimum absolute atomic E-state index is 0.128. The average Bonchev–Trinajstić information content (AvgIpc) is 2.33. The van der Waals surface area contributed by atoms with Crippen LogP contribution < -0.4 is 0 Å². The van der Waals surface area contributed by atoms with Crippen molar-refractivity contribution in [1.82, 2.24) is 4.90 Å². The number of rotatable bonds is 5. The number of benzene rings is 1. The van der Waals surface area contributed by atoms with Gasteiger partial charge in [0.2, 0.25) is 0 Å². The molecule has 19 heavy (non-hydrogen) atoms. The Morgan fingerprint density at radius 2 is 1.79 bits per heavy atom. The van der Waals surface area contributed by atoms with Crippen molar-refractivity contribution in [2.24, 2.45) is 0 Å². The van der Waals surface area contributed by atoms with E-state index in [4.69, 9.17) is 0 Å². The first-order chi connectivity index (χ1) is 8.83. The third-order valence-electron chi connectivity index (χ3n) is 2.74. The van der Waals surface area contributed by atoms with Gasteiger partial charge in [-0.15, -0.1) is 0 Å². The molecule has 0 aromatic heterocycles. The monoisotopic (exact) mass is 273 g/mol. The Morgan fingerprint density at radius 1 is 1.21 bits per heavy atom. The molecule has 0 aliphatic heterocycles. The summed E-state index contributed by atoms with van der Waals surface area (Å²) >= 11 is 0. The summed E-state index contributed by atoms with van der Waals surface area (Å²) in [6.45, 7) is 2.67. The second-order valence-corrected chi connectivity index (χ2v) is 4.56. The average molecular weight is 273 g/mol. The lowest BCUT2D eigenvalue weighted by Crippen LogP contribution is -2.39. The molecule has 106 valence electrons. The van der Waals surface area contributed by atoms with Gasteiger partial charge in [0.25, 0.3) is 5.91 Å². The van der Waals surface area contributed by atoms with Crippen LogP contribution in [0.3, 0.4) is 0 Å². The van der Waals surface area contributed by atoms with E-state index in [9.17, 15) is 18.0 Å². The molecule has 0 saturated carbocycles. The molecule has 1 rings (SSSR count). The highest BCUT2D eigenvalue weighted by molar-refractivity contribution is 5.94. The molecule has 0 aliphatic rings. The smallest absolute Gasteiger partial charge is 0.330 e. The quantitative estimate of drug-likeness (QED) is 0.799. The maximum Gasteiger partial charge on any atom is 0.406 e. The molecule has 0 unspecified atom stereocenters. The van der Waals surface area contributed by atoms with Crippen molar-refractivity contribution >= 4 is 5.91 Å². The SMILES string of the molecule is CCCCN(CC(F)(F)F)C(=O)c1ccc(C)cc1. The molecule has 1 aromatic carbocycles. The number of amides is 1. The van der Waals surface area contributed by atoms with E-state index < -0.39 is 18.6 Å². The summed E-state index contributed by atoms with van der Waals surface area (Å²) in [6.07, 6.45) is -3.06. The first kappa shape index (κ1) is 15.5. The van der Waals surface area contributed by atoms with Crippen LogP contribution in [0, 0.1) is 6.92 Å². The Bertz CT molecular complexity index is 412. The van der Waals surface area contributed by atoms with E-state index in [0.29, 0.717) is 12.0 Å². The standard InChI is InChI=1S/C14H18F3NO/c1-3-4-9-18(10-14(15,16)17)13(19)12-7-5-11(2)6-8-12/h5-8H,3-4,9-10H2,1-2H3. The van der Waals surface area contributed by atoms with Gasteiger partial charge in [0.05, 0.1) is 0 Å². The molecule has 5 heteroatoms. The van der Waals surface area contributed by atoms with E-state index in [1.54, 1.807) is 24.3 Å². The molecule has 0 heterocycles. The third-order valence-corrected chi connectivity index (χ3v) is 2.74. The zero-order chi connectivity index (χ0) is 14.5. The van der Waals surface area contributed by atoms with E-state index in [1.165, 1.54) is 0 Å². The van der Waals surface area contributed by atoms with Crippen molar-refractivity contribution in [3.63, 3.8) is 0 Å². The molecule has 0 atom stereocenters. The van der Waals surface area contributed by atoms with Gasteiger partial charge in [0.1, 0.15) is 6.54 Å². The maximum atomic E-state index is 12.5. The molecule has 0 saturated heterocycles. The number of alkyl halides is 3. The van der Waals surface area contributed by atoms with E-state index in [2.05, 4.69) is 0 Å². The van der Waals surface area contributed by atoms with Crippen LogP contribution in [-0.2, 0) is 0 Å². The zero-order valence-corrected chi connectivity index (χ0v) is 11.1. The van der Waals surface area contributed by atoms with Gasteiger partial charge in [-0.25, -0.2) is 0 Å². The van der Waals surface area contributed by atoms with Gasteiger partial charge in [0, 0.05) is 12.1 Å². The van der Waals surface area contributed by atoms with Crippen molar-refractivity contribution in [1.29, 1.82) is 0 Å². The zero-order valence-electron chi connectivity index (χ0n) is 11.1.